The number of rotatable bonds is 5. The first-order valence-electron chi connectivity index (χ1n) is 10.9. The van der Waals surface area contributed by atoms with Gasteiger partial charge in [0.2, 0.25) is 0 Å². The van der Waals surface area contributed by atoms with Crippen LogP contribution in [0.25, 0.3) is 33.1 Å². The van der Waals surface area contributed by atoms with Gasteiger partial charge in [-0.25, -0.2) is 4.98 Å². The van der Waals surface area contributed by atoms with Gasteiger partial charge in [0, 0.05) is 35.9 Å². The Hall–Kier alpha value is -3.09. The van der Waals surface area contributed by atoms with Gasteiger partial charge >= 0.3 is 0 Å². The van der Waals surface area contributed by atoms with Gasteiger partial charge < -0.3 is 19.6 Å². The van der Waals surface area contributed by atoms with Crippen LogP contribution in [0.15, 0.2) is 54.6 Å². The van der Waals surface area contributed by atoms with E-state index in [9.17, 15) is 5.11 Å². The zero-order valence-corrected chi connectivity index (χ0v) is 18.1. The van der Waals surface area contributed by atoms with Crippen LogP contribution >= 0.6 is 0 Å². The van der Waals surface area contributed by atoms with Crippen molar-refractivity contribution in [3.63, 3.8) is 0 Å². The van der Waals surface area contributed by atoms with Gasteiger partial charge in [-0.3, -0.25) is 4.90 Å². The molecule has 0 spiro atoms. The van der Waals surface area contributed by atoms with E-state index in [1.54, 1.807) is 0 Å². The van der Waals surface area contributed by atoms with Crippen molar-refractivity contribution in [2.45, 2.75) is 13.8 Å². The first-order chi connectivity index (χ1) is 15.3. The summed E-state index contributed by atoms with van der Waals surface area (Å²) in [6.07, 6.45) is 0. The third-order valence-electron chi connectivity index (χ3n) is 5.38. The highest BCUT2D eigenvalue weighted by atomic mass is 16.5. The Kier molecular flexibility index (Phi) is 6.70. The summed E-state index contributed by atoms with van der Waals surface area (Å²) in [5, 5.41) is 12.4. The summed E-state index contributed by atoms with van der Waals surface area (Å²) in [5.74, 6) is 0.983. The molecule has 6 nitrogen and oxygen atoms in total. The molecule has 0 bridgehead atoms. The van der Waals surface area contributed by atoms with Crippen LogP contribution in [0.1, 0.15) is 13.8 Å². The minimum Gasteiger partial charge on any atom is -0.494 e. The number of nitrogens with zero attached hydrogens (tertiary/aromatic N) is 2. The number of hydrogen-bond acceptors (Lipinski definition) is 5. The molecule has 1 fully saturated rings. The molecule has 0 saturated carbocycles. The van der Waals surface area contributed by atoms with Crippen LogP contribution in [0.5, 0.6) is 11.6 Å². The lowest BCUT2D eigenvalue weighted by molar-refractivity contribution is 0.0322. The molecule has 1 aliphatic rings. The van der Waals surface area contributed by atoms with Gasteiger partial charge in [0.15, 0.2) is 5.88 Å². The van der Waals surface area contributed by atoms with Crippen LogP contribution in [0.4, 0.5) is 0 Å². The number of fused-ring (bicyclic) bond motifs is 2. The Morgan fingerprint density at radius 3 is 2.71 bits per heavy atom. The first kappa shape index (κ1) is 21.2. The summed E-state index contributed by atoms with van der Waals surface area (Å²) in [6.45, 7) is 9.09. The molecule has 6 heteroatoms. The summed E-state index contributed by atoms with van der Waals surface area (Å²) in [6, 6.07) is 17.7. The minimum atomic E-state index is 0.140. The van der Waals surface area contributed by atoms with Crippen molar-refractivity contribution < 1.29 is 14.6 Å². The van der Waals surface area contributed by atoms with Gasteiger partial charge in [0.1, 0.15) is 12.4 Å². The summed E-state index contributed by atoms with van der Waals surface area (Å²) in [7, 11) is 0. The molecule has 3 heterocycles. The quantitative estimate of drug-likeness (QED) is 0.485. The van der Waals surface area contributed by atoms with Gasteiger partial charge in [-0.1, -0.05) is 38.1 Å². The highest BCUT2D eigenvalue weighted by molar-refractivity contribution is 5.99. The van der Waals surface area contributed by atoms with Crippen LogP contribution in [0.3, 0.4) is 0 Å². The van der Waals surface area contributed by atoms with Crippen molar-refractivity contribution in [3.05, 3.63) is 54.6 Å². The normalized spacial score (nSPS) is 14.4. The molecular formula is C25H29N3O3. The molecule has 2 aromatic carbocycles. The highest BCUT2D eigenvalue weighted by Gasteiger charge is 2.14. The maximum Gasteiger partial charge on any atom is 0.199 e. The van der Waals surface area contributed by atoms with E-state index in [2.05, 4.69) is 9.88 Å². The third kappa shape index (κ3) is 4.65. The lowest BCUT2D eigenvalue weighted by atomic mass is 10.1. The van der Waals surface area contributed by atoms with Crippen LogP contribution in [0.2, 0.25) is 0 Å². The second-order valence-corrected chi connectivity index (χ2v) is 7.25. The molecule has 0 aliphatic carbocycles. The Bertz CT molecular complexity index is 1150. The van der Waals surface area contributed by atoms with E-state index in [4.69, 9.17) is 14.5 Å². The monoisotopic (exact) mass is 419 g/mol. The zero-order chi connectivity index (χ0) is 21.6. The van der Waals surface area contributed by atoms with E-state index in [0.29, 0.717) is 6.61 Å². The summed E-state index contributed by atoms with van der Waals surface area (Å²) in [4.78, 5) is 10.1. The standard InChI is InChI=1S/C23H23N3O3.C2H6/c27-23-22(18-3-1-2-4-20(18)25-23)21-7-5-16-15-17(6-8-19(16)24-21)29-14-11-26-9-12-28-13-10-26;1-2/h1-8,15,25,27H,9-14H2;1-2H3. The SMILES string of the molecule is CC.Oc1[nH]c2ccccc2c1-c1ccc2cc(OCCN3CCOCC3)ccc2n1. The van der Waals surface area contributed by atoms with E-state index in [1.165, 1.54) is 0 Å². The molecule has 0 unspecified atom stereocenters. The van der Waals surface area contributed by atoms with E-state index < -0.39 is 0 Å². The first-order valence-corrected chi connectivity index (χ1v) is 10.9. The number of morpholine rings is 1. The molecule has 1 saturated heterocycles. The fourth-order valence-electron chi connectivity index (χ4n) is 3.84. The van der Waals surface area contributed by atoms with E-state index >= 15 is 0 Å². The molecule has 0 radical (unpaired) electrons. The fourth-order valence-corrected chi connectivity index (χ4v) is 3.84. The Morgan fingerprint density at radius 2 is 1.87 bits per heavy atom. The predicted octanol–water partition coefficient (Wildman–Crippen LogP) is 4.83. The second-order valence-electron chi connectivity index (χ2n) is 7.25. The van der Waals surface area contributed by atoms with E-state index in [-0.39, 0.29) is 5.88 Å². The van der Waals surface area contributed by atoms with Gasteiger partial charge in [0.05, 0.1) is 30.0 Å². The molecule has 4 aromatic rings. The minimum absolute atomic E-state index is 0.140. The molecule has 1 aliphatic heterocycles. The van der Waals surface area contributed by atoms with Crippen molar-refractivity contribution in [2.75, 3.05) is 39.5 Å². The smallest absolute Gasteiger partial charge is 0.199 e. The summed E-state index contributed by atoms with van der Waals surface area (Å²) < 4.78 is 11.3. The van der Waals surface area contributed by atoms with Crippen LogP contribution in [0, 0.1) is 0 Å². The maximum absolute atomic E-state index is 10.4. The lowest BCUT2D eigenvalue weighted by Crippen LogP contribution is -2.38. The molecule has 0 amide bonds. The topological polar surface area (TPSA) is 70.6 Å². The molecule has 2 aromatic heterocycles. The molecule has 2 N–H and O–H groups in total. The second kappa shape index (κ2) is 9.81. The lowest BCUT2D eigenvalue weighted by Gasteiger charge is -2.26. The van der Waals surface area contributed by atoms with Gasteiger partial charge in [-0.2, -0.15) is 0 Å². The summed E-state index contributed by atoms with van der Waals surface area (Å²) in [5.41, 5.74) is 3.24. The van der Waals surface area contributed by atoms with Crippen molar-refractivity contribution >= 4 is 21.8 Å². The molecular weight excluding hydrogens is 390 g/mol. The zero-order valence-electron chi connectivity index (χ0n) is 18.1. The number of H-pyrrole nitrogens is 1. The van der Waals surface area contributed by atoms with Gasteiger partial charge in [-0.05, 0) is 30.3 Å². The Labute approximate surface area is 182 Å². The van der Waals surface area contributed by atoms with Crippen molar-refractivity contribution in [2.24, 2.45) is 0 Å². The summed E-state index contributed by atoms with van der Waals surface area (Å²) >= 11 is 0. The number of ether oxygens (including phenoxy) is 2. The Balaban J connectivity index is 0.00000112. The number of aromatic amines is 1. The number of benzene rings is 2. The van der Waals surface area contributed by atoms with Gasteiger partial charge in [-0.15, -0.1) is 0 Å². The van der Waals surface area contributed by atoms with Crippen LogP contribution in [-0.4, -0.2) is 59.4 Å². The number of aromatic hydroxyl groups is 1. The number of para-hydroxylation sites is 1. The third-order valence-corrected chi connectivity index (χ3v) is 5.38. The predicted molar refractivity (Wildman–Crippen MR) is 125 cm³/mol. The highest BCUT2D eigenvalue weighted by Crippen LogP contribution is 2.36. The molecule has 162 valence electrons. The van der Waals surface area contributed by atoms with Crippen molar-refractivity contribution in [1.82, 2.24) is 14.9 Å². The van der Waals surface area contributed by atoms with E-state index in [1.807, 2.05) is 68.4 Å². The maximum atomic E-state index is 10.4. The van der Waals surface area contributed by atoms with Crippen molar-refractivity contribution in [1.29, 1.82) is 0 Å². The number of nitrogens with one attached hydrogen (secondary N) is 1. The number of hydrogen-bond donors (Lipinski definition) is 2. The molecule has 0 atom stereocenters. The fraction of sp³-hybridized carbons (Fsp3) is 0.320. The van der Waals surface area contributed by atoms with E-state index in [0.717, 1.165) is 71.7 Å². The van der Waals surface area contributed by atoms with Crippen molar-refractivity contribution in [3.8, 4) is 22.9 Å². The number of aromatic nitrogens is 2. The average molecular weight is 420 g/mol. The average Bonchev–Trinajstić information content (AvgIpc) is 3.16. The largest absolute Gasteiger partial charge is 0.494 e. The molecule has 31 heavy (non-hydrogen) atoms. The molecule has 5 rings (SSSR count). The van der Waals surface area contributed by atoms with Crippen LogP contribution < -0.4 is 4.74 Å². The van der Waals surface area contributed by atoms with Gasteiger partial charge in [0.25, 0.3) is 0 Å². The Morgan fingerprint density at radius 1 is 1.06 bits per heavy atom. The van der Waals surface area contributed by atoms with Crippen LogP contribution in [-0.2, 0) is 4.74 Å². The number of pyridine rings is 1.